The van der Waals surface area contributed by atoms with Crippen LogP contribution in [0.15, 0.2) is 6.20 Å². The highest BCUT2D eigenvalue weighted by Gasteiger charge is 2.33. The molecule has 0 saturated carbocycles. The number of halogens is 3. The molecular weight excluding hydrogens is 227 g/mol. The van der Waals surface area contributed by atoms with Crippen molar-refractivity contribution in [1.82, 2.24) is 4.98 Å². The van der Waals surface area contributed by atoms with E-state index >= 15 is 0 Å². The fourth-order valence-corrected chi connectivity index (χ4v) is 1.09. The summed E-state index contributed by atoms with van der Waals surface area (Å²) in [5.41, 5.74) is 10.7. The van der Waals surface area contributed by atoms with Crippen molar-refractivity contribution >= 4 is 5.69 Å². The lowest BCUT2D eigenvalue weighted by atomic mass is 10.2. The van der Waals surface area contributed by atoms with E-state index in [2.05, 4.69) is 9.72 Å². The van der Waals surface area contributed by atoms with Gasteiger partial charge in [-0.15, -0.1) is 13.2 Å². The first kappa shape index (κ1) is 12.4. The van der Waals surface area contributed by atoms with Crippen molar-refractivity contribution in [1.29, 1.82) is 0 Å². The summed E-state index contributed by atoms with van der Waals surface area (Å²) in [7, 11) is 1.32. The third kappa shape index (κ3) is 2.66. The van der Waals surface area contributed by atoms with E-state index in [0.29, 0.717) is 0 Å². The topological polar surface area (TPSA) is 83.4 Å². The lowest BCUT2D eigenvalue weighted by Gasteiger charge is -2.14. The number of rotatable bonds is 3. The molecule has 0 bridgehead atoms. The number of methoxy groups -OCH3 is 1. The van der Waals surface area contributed by atoms with Crippen LogP contribution in [0.1, 0.15) is 5.56 Å². The lowest BCUT2D eigenvalue weighted by Crippen LogP contribution is -2.20. The number of hydrogen-bond acceptors (Lipinski definition) is 5. The van der Waals surface area contributed by atoms with Gasteiger partial charge in [0.05, 0.1) is 24.6 Å². The highest BCUT2D eigenvalue weighted by molar-refractivity contribution is 5.60. The molecule has 0 aliphatic rings. The van der Waals surface area contributed by atoms with E-state index in [0.717, 1.165) is 6.20 Å². The van der Waals surface area contributed by atoms with Crippen molar-refractivity contribution in [3.63, 3.8) is 0 Å². The zero-order chi connectivity index (χ0) is 12.3. The Morgan fingerprint density at radius 1 is 1.44 bits per heavy atom. The van der Waals surface area contributed by atoms with Gasteiger partial charge in [-0.1, -0.05) is 0 Å². The Hall–Kier alpha value is -1.70. The molecule has 5 nitrogen and oxygen atoms in total. The van der Waals surface area contributed by atoms with Crippen LogP contribution < -0.4 is 20.9 Å². The van der Waals surface area contributed by atoms with Crippen molar-refractivity contribution in [3.8, 4) is 11.6 Å². The van der Waals surface area contributed by atoms with E-state index < -0.39 is 12.2 Å². The second-order valence-electron chi connectivity index (χ2n) is 2.78. The van der Waals surface area contributed by atoms with Crippen LogP contribution in [0.5, 0.6) is 11.6 Å². The highest BCUT2D eigenvalue weighted by atomic mass is 19.4. The van der Waals surface area contributed by atoms with Gasteiger partial charge in [0.25, 0.3) is 0 Å². The molecular formula is C8H10F3N3O2. The number of hydrogen-bond donors (Lipinski definition) is 2. The summed E-state index contributed by atoms with van der Waals surface area (Å²) in [5, 5.41) is 0. The van der Waals surface area contributed by atoms with Crippen LogP contribution in [-0.4, -0.2) is 18.5 Å². The average Bonchev–Trinajstić information content (AvgIpc) is 2.16. The van der Waals surface area contributed by atoms with E-state index in [1.165, 1.54) is 7.11 Å². The van der Waals surface area contributed by atoms with Crippen LogP contribution >= 0.6 is 0 Å². The predicted octanol–water partition coefficient (Wildman–Crippen LogP) is 1.03. The fourth-order valence-electron chi connectivity index (χ4n) is 1.09. The van der Waals surface area contributed by atoms with Gasteiger partial charge < -0.3 is 20.9 Å². The van der Waals surface area contributed by atoms with Crippen molar-refractivity contribution in [3.05, 3.63) is 11.8 Å². The summed E-state index contributed by atoms with van der Waals surface area (Å²) in [5.74, 6) is -0.511. The lowest BCUT2D eigenvalue weighted by molar-refractivity contribution is -0.276. The molecule has 4 N–H and O–H groups in total. The minimum atomic E-state index is -4.84. The summed E-state index contributed by atoms with van der Waals surface area (Å²) >= 11 is 0. The van der Waals surface area contributed by atoms with Crippen LogP contribution in [0, 0.1) is 0 Å². The van der Waals surface area contributed by atoms with Gasteiger partial charge in [-0.25, -0.2) is 4.98 Å². The van der Waals surface area contributed by atoms with Crippen LogP contribution in [0.2, 0.25) is 0 Å². The van der Waals surface area contributed by atoms with Crippen molar-refractivity contribution in [2.24, 2.45) is 5.73 Å². The first-order chi connectivity index (χ1) is 7.39. The smallest absolute Gasteiger partial charge is 0.493 e. The number of alkyl halides is 3. The van der Waals surface area contributed by atoms with Crippen LogP contribution in [0.3, 0.4) is 0 Å². The summed E-state index contributed by atoms with van der Waals surface area (Å²) in [6.45, 7) is -0.235. The quantitative estimate of drug-likeness (QED) is 0.820. The Bertz CT molecular complexity index is 382. The van der Waals surface area contributed by atoms with E-state index in [1.54, 1.807) is 0 Å². The largest absolute Gasteiger partial charge is 0.574 e. The van der Waals surface area contributed by atoms with E-state index in [9.17, 15) is 13.2 Å². The van der Waals surface area contributed by atoms with Crippen molar-refractivity contribution in [2.45, 2.75) is 12.9 Å². The molecule has 0 fully saturated rings. The molecule has 0 amide bonds. The number of aromatic nitrogens is 1. The SMILES string of the molecule is COc1cnc(OC(F)(F)F)c(CN)c1N. The summed E-state index contributed by atoms with van der Waals surface area (Å²) in [4.78, 5) is 3.44. The number of pyridine rings is 1. The van der Waals surface area contributed by atoms with Crippen LogP contribution in [0.4, 0.5) is 18.9 Å². The predicted molar refractivity (Wildman–Crippen MR) is 49.8 cm³/mol. The van der Waals surface area contributed by atoms with Gasteiger partial charge >= 0.3 is 6.36 Å². The number of nitrogen functional groups attached to an aromatic ring is 1. The normalized spacial score (nSPS) is 11.3. The second kappa shape index (κ2) is 4.44. The molecule has 1 rings (SSSR count). The maximum Gasteiger partial charge on any atom is 0.574 e. The first-order valence-corrected chi connectivity index (χ1v) is 4.16. The summed E-state index contributed by atoms with van der Waals surface area (Å²) in [6.07, 6.45) is -3.80. The zero-order valence-electron chi connectivity index (χ0n) is 8.34. The number of nitrogens with zero attached hydrogens (tertiary/aromatic N) is 1. The molecule has 1 aromatic rings. The van der Waals surface area contributed by atoms with Gasteiger partial charge in [0, 0.05) is 6.54 Å². The zero-order valence-corrected chi connectivity index (χ0v) is 8.34. The molecule has 90 valence electrons. The second-order valence-corrected chi connectivity index (χ2v) is 2.78. The van der Waals surface area contributed by atoms with Gasteiger partial charge in [0.2, 0.25) is 5.88 Å². The first-order valence-electron chi connectivity index (χ1n) is 4.16. The maximum absolute atomic E-state index is 12.0. The van der Waals surface area contributed by atoms with Gasteiger partial charge in [0.15, 0.2) is 5.75 Å². The Morgan fingerprint density at radius 2 is 2.06 bits per heavy atom. The maximum atomic E-state index is 12.0. The Balaban J connectivity index is 3.16. The monoisotopic (exact) mass is 237 g/mol. The standard InChI is InChI=1S/C8H10F3N3O2/c1-15-5-3-14-7(16-8(9,10)11)4(2-12)6(5)13/h3H,2,12H2,1H3,(H2,13,14). The van der Waals surface area contributed by atoms with Crippen LogP contribution in [-0.2, 0) is 6.54 Å². The van der Waals surface area contributed by atoms with Crippen LogP contribution in [0.25, 0.3) is 0 Å². The average molecular weight is 237 g/mol. The van der Waals surface area contributed by atoms with Gasteiger partial charge in [-0.3, -0.25) is 0 Å². The number of nitrogens with two attached hydrogens (primary N) is 2. The van der Waals surface area contributed by atoms with E-state index in [1.807, 2.05) is 0 Å². The summed E-state index contributed by atoms with van der Waals surface area (Å²) < 4.78 is 44.5. The number of ether oxygens (including phenoxy) is 2. The Morgan fingerprint density at radius 3 is 2.50 bits per heavy atom. The van der Waals surface area contributed by atoms with E-state index in [4.69, 9.17) is 16.2 Å². The molecule has 0 saturated heterocycles. The van der Waals surface area contributed by atoms with E-state index in [-0.39, 0.29) is 23.5 Å². The van der Waals surface area contributed by atoms with Gasteiger partial charge in [-0.2, -0.15) is 0 Å². The van der Waals surface area contributed by atoms with Crippen molar-refractivity contribution in [2.75, 3.05) is 12.8 Å². The molecule has 8 heteroatoms. The fraction of sp³-hybridized carbons (Fsp3) is 0.375. The third-order valence-corrected chi connectivity index (χ3v) is 1.78. The molecule has 0 spiro atoms. The molecule has 0 aliphatic heterocycles. The minimum absolute atomic E-state index is 0.0146. The summed E-state index contributed by atoms with van der Waals surface area (Å²) in [6, 6.07) is 0. The molecule has 0 atom stereocenters. The molecule has 0 unspecified atom stereocenters. The highest BCUT2D eigenvalue weighted by Crippen LogP contribution is 2.32. The Labute approximate surface area is 89.1 Å². The number of anilines is 1. The molecule has 16 heavy (non-hydrogen) atoms. The van der Waals surface area contributed by atoms with Gasteiger partial charge in [0.1, 0.15) is 0 Å². The molecule has 0 aromatic carbocycles. The van der Waals surface area contributed by atoms with Crippen molar-refractivity contribution < 1.29 is 22.6 Å². The molecule has 0 aliphatic carbocycles. The Kier molecular flexibility index (Phi) is 3.43. The molecule has 0 radical (unpaired) electrons. The van der Waals surface area contributed by atoms with Gasteiger partial charge in [-0.05, 0) is 0 Å². The third-order valence-electron chi connectivity index (χ3n) is 1.78. The minimum Gasteiger partial charge on any atom is -0.493 e. The molecule has 1 aromatic heterocycles. The molecule has 1 heterocycles.